The van der Waals surface area contributed by atoms with Crippen LogP contribution in [0.5, 0.6) is 0 Å². The van der Waals surface area contributed by atoms with Crippen LogP contribution in [0.15, 0.2) is 218 Å². The van der Waals surface area contributed by atoms with Crippen LogP contribution in [0, 0.1) is 0 Å². The van der Waals surface area contributed by atoms with Gasteiger partial charge < -0.3 is 4.57 Å². The maximum atomic E-state index is 5.62. The van der Waals surface area contributed by atoms with Crippen molar-refractivity contribution >= 4 is 92.3 Å². The normalized spacial score (nSPS) is 13.0. The molecule has 4 nitrogen and oxygen atoms in total. The first-order valence-corrected chi connectivity index (χ1v) is 23.9. The Labute approximate surface area is 390 Å². The van der Waals surface area contributed by atoms with Crippen molar-refractivity contribution < 1.29 is 0 Å². The van der Waals surface area contributed by atoms with Gasteiger partial charge in [-0.3, -0.25) is 4.57 Å². The lowest BCUT2D eigenvalue weighted by Crippen LogP contribution is -2.03. The van der Waals surface area contributed by atoms with Gasteiger partial charge in [-0.1, -0.05) is 182 Å². The Kier molecular flexibility index (Phi) is 8.55. The summed E-state index contributed by atoms with van der Waals surface area (Å²) in [5.74, 6) is 0.666. The van der Waals surface area contributed by atoms with Crippen molar-refractivity contribution in [1.29, 1.82) is 0 Å². The maximum Gasteiger partial charge on any atom is 0.235 e. The Hall–Kier alpha value is -8.38. The van der Waals surface area contributed by atoms with Gasteiger partial charge in [-0.15, -0.1) is 11.3 Å². The molecule has 0 atom stereocenters. The molecule has 0 unspecified atom stereocenters. The van der Waals surface area contributed by atoms with Gasteiger partial charge in [0.1, 0.15) is 0 Å². The van der Waals surface area contributed by atoms with E-state index in [1.807, 2.05) is 0 Å². The number of rotatable bonds is 6. The molecule has 5 heteroatoms. The summed E-state index contributed by atoms with van der Waals surface area (Å²) in [5.41, 5.74) is 14.7. The molecule has 4 aromatic heterocycles. The molecular formula is C62H40N4S. The molecule has 67 heavy (non-hydrogen) atoms. The van der Waals surface area contributed by atoms with Gasteiger partial charge in [0.25, 0.3) is 0 Å². The summed E-state index contributed by atoms with van der Waals surface area (Å²) in [6, 6.07) is 72.9. The van der Waals surface area contributed by atoms with Gasteiger partial charge in [0.2, 0.25) is 5.95 Å². The highest BCUT2D eigenvalue weighted by Gasteiger charge is 2.24. The lowest BCUT2D eigenvalue weighted by molar-refractivity contribution is 1.02. The van der Waals surface area contributed by atoms with Crippen molar-refractivity contribution in [2.75, 3.05) is 0 Å². The Morgan fingerprint density at radius 1 is 0.463 bits per heavy atom. The minimum atomic E-state index is 0.666. The predicted molar refractivity (Wildman–Crippen MR) is 284 cm³/mol. The molecule has 0 N–H and O–H groups in total. The molecule has 314 valence electrons. The number of aromatic nitrogens is 4. The van der Waals surface area contributed by atoms with E-state index in [2.05, 4.69) is 228 Å². The van der Waals surface area contributed by atoms with Crippen molar-refractivity contribution in [3.63, 3.8) is 0 Å². The molecule has 0 fully saturated rings. The van der Waals surface area contributed by atoms with Crippen LogP contribution in [0.25, 0.3) is 126 Å². The van der Waals surface area contributed by atoms with Crippen molar-refractivity contribution in [3.8, 4) is 45.1 Å². The Bertz CT molecular complexity index is 4190. The summed E-state index contributed by atoms with van der Waals surface area (Å²) in [7, 11) is 0. The predicted octanol–water partition coefficient (Wildman–Crippen LogP) is 16.9. The highest BCUT2D eigenvalue weighted by molar-refractivity contribution is 7.20. The number of para-hydroxylation sites is 2. The second-order valence-corrected chi connectivity index (χ2v) is 18.7. The standard InChI is InChI=1S/C62H40N4S/c1-4-15-39(16-5-1)40-27-29-44(30-28-40)58-61-53(38-56(67-61)43-19-6-2-7-20-43)63-62(64-58)66-54-35-33-45(37-52(54)50-34-31-42-18-11-13-24-48(42)59(50)66)49-25-14-26-51-57-47-23-12-10-17-41(47)32-36-55(57)65(60(49)51)46-21-8-3-9-22-46/h1-6,8-19,21-38H,7,20H2. The van der Waals surface area contributed by atoms with Gasteiger partial charge in [-0.2, -0.15) is 0 Å². The molecule has 4 heterocycles. The molecule has 1 aliphatic rings. The highest BCUT2D eigenvalue weighted by atomic mass is 32.1. The summed E-state index contributed by atoms with van der Waals surface area (Å²) in [6.45, 7) is 0. The monoisotopic (exact) mass is 872 g/mol. The SMILES string of the molecule is C1=CCCC(c2cc3nc(-n4c5ccc(-c6cccc7c8c9ccccc9ccc8n(-c8ccccc8)c67)cc5c5ccc6ccccc6c54)nc(-c4ccc(-c5ccccc5)cc4)c3s2)=C1. The molecule has 0 amide bonds. The zero-order valence-electron chi connectivity index (χ0n) is 36.4. The second-order valence-electron chi connectivity index (χ2n) is 17.6. The fourth-order valence-electron chi connectivity index (χ4n) is 10.7. The number of nitrogens with zero attached hydrogens (tertiary/aromatic N) is 4. The summed E-state index contributed by atoms with van der Waals surface area (Å²) in [4.78, 5) is 12.4. The van der Waals surface area contributed by atoms with E-state index in [0.717, 1.165) is 62.0 Å². The van der Waals surface area contributed by atoms with Crippen molar-refractivity contribution in [1.82, 2.24) is 19.1 Å². The fourth-order valence-corrected chi connectivity index (χ4v) is 11.9. The van der Waals surface area contributed by atoms with E-state index in [1.54, 1.807) is 11.3 Å². The smallest absolute Gasteiger partial charge is 0.235 e. The third-order valence-corrected chi connectivity index (χ3v) is 15.0. The van der Waals surface area contributed by atoms with Crippen LogP contribution in [0.1, 0.15) is 17.7 Å². The van der Waals surface area contributed by atoms with Gasteiger partial charge in [0.15, 0.2) is 0 Å². The lowest BCUT2D eigenvalue weighted by atomic mass is 9.98. The first-order chi connectivity index (χ1) is 33.2. The van der Waals surface area contributed by atoms with Gasteiger partial charge in [-0.05, 0) is 87.7 Å². The second kappa shape index (κ2) is 15.1. The molecule has 0 spiro atoms. The molecular weight excluding hydrogens is 833 g/mol. The minimum Gasteiger partial charge on any atom is -0.309 e. The van der Waals surface area contributed by atoms with Crippen molar-refractivity contribution in [3.05, 3.63) is 223 Å². The molecule has 0 saturated carbocycles. The Morgan fingerprint density at radius 3 is 1.97 bits per heavy atom. The van der Waals surface area contributed by atoms with Crippen molar-refractivity contribution in [2.24, 2.45) is 0 Å². The molecule has 13 aromatic rings. The van der Waals surface area contributed by atoms with Crippen LogP contribution >= 0.6 is 11.3 Å². The lowest BCUT2D eigenvalue weighted by Gasteiger charge is -2.13. The van der Waals surface area contributed by atoms with E-state index in [1.165, 1.54) is 75.9 Å². The zero-order valence-corrected chi connectivity index (χ0v) is 37.2. The van der Waals surface area contributed by atoms with Crippen LogP contribution in [-0.2, 0) is 0 Å². The van der Waals surface area contributed by atoms with Crippen molar-refractivity contribution in [2.45, 2.75) is 12.8 Å². The molecule has 1 aliphatic carbocycles. The molecule has 14 rings (SSSR count). The largest absolute Gasteiger partial charge is 0.309 e. The van der Waals surface area contributed by atoms with Crippen LogP contribution in [0.3, 0.4) is 0 Å². The van der Waals surface area contributed by atoms with Crippen LogP contribution in [0.4, 0.5) is 0 Å². The average molecular weight is 873 g/mol. The van der Waals surface area contributed by atoms with E-state index in [-0.39, 0.29) is 0 Å². The zero-order chi connectivity index (χ0) is 44.0. The van der Waals surface area contributed by atoms with Gasteiger partial charge in [-0.25, -0.2) is 9.97 Å². The third-order valence-electron chi connectivity index (χ3n) is 13.8. The first kappa shape index (κ1) is 37.9. The fraction of sp³-hybridized carbons (Fsp3) is 0.0323. The minimum absolute atomic E-state index is 0.666. The molecule has 0 saturated heterocycles. The number of benzene rings is 9. The average Bonchev–Trinajstić information content (AvgIpc) is 4.10. The van der Waals surface area contributed by atoms with E-state index >= 15 is 0 Å². The maximum absolute atomic E-state index is 5.62. The van der Waals surface area contributed by atoms with Gasteiger partial charge in [0, 0.05) is 48.6 Å². The van der Waals surface area contributed by atoms with Gasteiger partial charge >= 0.3 is 0 Å². The topological polar surface area (TPSA) is 35.6 Å². The summed E-state index contributed by atoms with van der Waals surface area (Å²) < 4.78 is 5.88. The quantitative estimate of drug-likeness (QED) is 0.167. The van der Waals surface area contributed by atoms with Gasteiger partial charge in [0.05, 0.1) is 38.0 Å². The third kappa shape index (κ3) is 5.98. The van der Waals surface area contributed by atoms with E-state index < -0.39 is 0 Å². The Morgan fingerprint density at radius 2 is 1.15 bits per heavy atom. The number of allylic oxidation sites excluding steroid dienone is 4. The highest BCUT2D eigenvalue weighted by Crippen LogP contribution is 2.45. The Balaban J connectivity index is 1.03. The summed E-state index contributed by atoms with van der Waals surface area (Å²) in [6.07, 6.45) is 8.75. The first-order valence-electron chi connectivity index (χ1n) is 23.0. The van der Waals surface area contributed by atoms with Crippen LogP contribution < -0.4 is 0 Å². The van der Waals surface area contributed by atoms with Crippen LogP contribution in [-0.4, -0.2) is 19.1 Å². The molecule has 0 radical (unpaired) electrons. The number of hydrogen-bond donors (Lipinski definition) is 0. The number of fused-ring (bicyclic) bond motifs is 11. The summed E-state index contributed by atoms with van der Waals surface area (Å²) in [5, 5.41) is 9.68. The van der Waals surface area contributed by atoms with E-state index in [4.69, 9.17) is 9.97 Å². The molecule has 9 aromatic carbocycles. The van der Waals surface area contributed by atoms with E-state index in [0.29, 0.717) is 5.95 Å². The number of hydrogen-bond acceptors (Lipinski definition) is 3. The number of thiophene rings is 1. The van der Waals surface area contributed by atoms with E-state index in [9.17, 15) is 0 Å². The molecule has 0 aliphatic heterocycles. The summed E-state index contributed by atoms with van der Waals surface area (Å²) >= 11 is 1.80. The molecule has 0 bridgehead atoms. The van der Waals surface area contributed by atoms with Crippen LogP contribution in [0.2, 0.25) is 0 Å².